The maximum atomic E-state index is 11.7. The third kappa shape index (κ3) is 5.26. The van der Waals surface area contributed by atoms with E-state index in [4.69, 9.17) is 4.74 Å². The second-order valence-corrected chi connectivity index (χ2v) is 8.04. The smallest absolute Gasteiger partial charge is 0.217 e. The van der Waals surface area contributed by atoms with Crippen LogP contribution < -0.4 is 10.1 Å². The van der Waals surface area contributed by atoms with E-state index in [0.717, 1.165) is 56.2 Å². The molecule has 0 spiro atoms. The van der Waals surface area contributed by atoms with Gasteiger partial charge in [-0.3, -0.25) is 9.69 Å². The molecule has 3 rings (SSSR count). The first-order valence-corrected chi connectivity index (χ1v) is 10.1. The van der Waals surface area contributed by atoms with Crippen molar-refractivity contribution in [2.24, 2.45) is 5.92 Å². The predicted octanol–water partition coefficient (Wildman–Crippen LogP) is 2.27. The fraction of sp³-hybridized carbons (Fsp3) is 0.571. The molecule has 2 aromatic rings. The number of carbonyl (C=O) groups excluding carboxylic acids is 1. The SMILES string of the molecule is COc1cc(CN2CCc3nnc([C@H](CC(C)C)NC(C)=O)n3CC2)ccc1O. The Hall–Kier alpha value is -2.61. The van der Waals surface area contributed by atoms with Gasteiger partial charge in [-0.15, -0.1) is 10.2 Å². The summed E-state index contributed by atoms with van der Waals surface area (Å²) in [6.07, 6.45) is 1.63. The fourth-order valence-corrected chi connectivity index (χ4v) is 3.83. The molecule has 8 nitrogen and oxygen atoms in total. The number of aromatic nitrogens is 3. The Morgan fingerprint density at radius 2 is 2.07 bits per heavy atom. The molecule has 0 fully saturated rings. The molecule has 0 radical (unpaired) electrons. The first kappa shape index (κ1) is 21.1. The van der Waals surface area contributed by atoms with Crippen LogP contribution in [-0.2, 0) is 24.3 Å². The van der Waals surface area contributed by atoms with Gasteiger partial charge in [0.25, 0.3) is 0 Å². The van der Waals surface area contributed by atoms with Crippen molar-refractivity contribution >= 4 is 5.91 Å². The lowest BCUT2D eigenvalue weighted by atomic mass is 10.0. The van der Waals surface area contributed by atoms with Gasteiger partial charge in [-0.2, -0.15) is 0 Å². The molecule has 0 saturated heterocycles. The molecule has 158 valence electrons. The number of fused-ring (bicyclic) bond motifs is 1. The lowest BCUT2D eigenvalue weighted by molar-refractivity contribution is -0.119. The largest absolute Gasteiger partial charge is 0.504 e. The summed E-state index contributed by atoms with van der Waals surface area (Å²) in [6.45, 7) is 9.10. The minimum atomic E-state index is -0.123. The zero-order valence-electron chi connectivity index (χ0n) is 17.7. The summed E-state index contributed by atoms with van der Waals surface area (Å²) in [5.41, 5.74) is 1.09. The van der Waals surface area contributed by atoms with Gasteiger partial charge in [-0.05, 0) is 30.0 Å². The van der Waals surface area contributed by atoms with Crippen molar-refractivity contribution in [1.29, 1.82) is 0 Å². The standard InChI is InChI=1S/C21H31N5O3/c1-14(2)11-17(22-15(3)27)21-24-23-20-7-8-25(9-10-26(20)21)13-16-5-6-18(28)19(12-16)29-4/h5-6,12,14,17,28H,7-11,13H2,1-4H3,(H,22,27)/t17-/m0/s1. The molecule has 0 aliphatic carbocycles. The molecule has 1 atom stereocenters. The van der Waals surface area contributed by atoms with Crippen molar-refractivity contribution < 1.29 is 14.6 Å². The van der Waals surface area contributed by atoms with Crippen LogP contribution in [0.4, 0.5) is 0 Å². The molecule has 1 aliphatic rings. The van der Waals surface area contributed by atoms with Gasteiger partial charge in [0.1, 0.15) is 5.82 Å². The number of carbonyl (C=O) groups is 1. The number of phenolic OH excluding ortho intramolecular Hbond substituents is 1. The van der Waals surface area contributed by atoms with E-state index in [1.165, 1.54) is 0 Å². The lowest BCUT2D eigenvalue weighted by Crippen LogP contribution is -2.31. The summed E-state index contributed by atoms with van der Waals surface area (Å²) in [4.78, 5) is 14.1. The van der Waals surface area contributed by atoms with Crippen LogP contribution in [0.5, 0.6) is 11.5 Å². The Morgan fingerprint density at radius 1 is 1.28 bits per heavy atom. The number of hydrogen-bond acceptors (Lipinski definition) is 6. The summed E-state index contributed by atoms with van der Waals surface area (Å²) in [5, 5.41) is 21.7. The molecule has 2 heterocycles. The predicted molar refractivity (Wildman–Crippen MR) is 110 cm³/mol. The highest BCUT2D eigenvalue weighted by Crippen LogP contribution is 2.27. The van der Waals surface area contributed by atoms with E-state index in [0.29, 0.717) is 11.7 Å². The molecule has 8 heteroatoms. The van der Waals surface area contributed by atoms with Crippen LogP contribution in [-0.4, -0.2) is 50.9 Å². The number of amides is 1. The lowest BCUT2D eigenvalue weighted by Gasteiger charge is -2.22. The number of benzene rings is 1. The maximum absolute atomic E-state index is 11.7. The average molecular weight is 402 g/mol. The maximum Gasteiger partial charge on any atom is 0.217 e. The minimum Gasteiger partial charge on any atom is -0.504 e. The second-order valence-electron chi connectivity index (χ2n) is 8.04. The van der Waals surface area contributed by atoms with Crippen LogP contribution in [0.15, 0.2) is 18.2 Å². The van der Waals surface area contributed by atoms with Crippen LogP contribution in [0.25, 0.3) is 0 Å². The summed E-state index contributed by atoms with van der Waals surface area (Å²) in [6, 6.07) is 5.34. The third-order valence-electron chi connectivity index (χ3n) is 5.19. The zero-order valence-corrected chi connectivity index (χ0v) is 17.7. The van der Waals surface area contributed by atoms with Crippen LogP contribution in [0.3, 0.4) is 0 Å². The van der Waals surface area contributed by atoms with Gasteiger partial charge >= 0.3 is 0 Å². The fourth-order valence-electron chi connectivity index (χ4n) is 3.83. The first-order chi connectivity index (χ1) is 13.9. The van der Waals surface area contributed by atoms with Gasteiger partial charge in [-0.1, -0.05) is 19.9 Å². The highest BCUT2D eigenvalue weighted by molar-refractivity contribution is 5.73. The van der Waals surface area contributed by atoms with Gasteiger partial charge in [0.05, 0.1) is 13.2 Å². The van der Waals surface area contributed by atoms with E-state index in [9.17, 15) is 9.90 Å². The number of nitrogens with one attached hydrogen (secondary N) is 1. The molecular formula is C21H31N5O3. The first-order valence-electron chi connectivity index (χ1n) is 10.1. The highest BCUT2D eigenvalue weighted by atomic mass is 16.5. The monoisotopic (exact) mass is 401 g/mol. The molecule has 29 heavy (non-hydrogen) atoms. The van der Waals surface area contributed by atoms with Crippen molar-refractivity contribution in [3.05, 3.63) is 35.4 Å². The highest BCUT2D eigenvalue weighted by Gasteiger charge is 2.25. The number of nitrogens with zero attached hydrogens (tertiary/aromatic N) is 4. The van der Waals surface area contributed by atoms with Gasteiger partial charge in [0.2, 0.25) is 5.91 Å². The Bertz CT molecular complexity index is 849. The molecule has 0 bridgehead atoms. The van der Waals surface area contributed by atoms with Gasteiger partial charge in [-0.25, -0.2) is 0 Å². The average Bonchev–Trinajstić information content (AvgIpc) is 2.96. The Labute approximate surface area is 171 Å². The van der Waals surface area contributed by atoms with E-state index in [1.54, 1.807) is 20.1 Å². The van der Waals surface area contributed by atoms with Crippen LogP contribution >= 0.6 is 0 Å². The molecular weight excluding hydrogens is 370 g/mol. The molecule has 1 aromatic heterocycles. The number of phenols is 1. The van der Waals surface area contributed by atoms with E-state index in [1.807, 2.05) is 12.1 Å². The molecule has 1 aromatic carbocycles. The number of methoxy groups -OCH3 is 1. The van der Waals surface area contributed by atoms with Crippen molar-refractivity contribution in [2.45, 2.75) is 52.7 Å². The normalized spacial score (nSPS) is 15.6. The van der Waals surface area contributed by atoms with Crippen LogP contribution in [0, 0.1) is 5.92 Å². The topological polar surface area (TPSA) is 92.5 Å². The third-order valence-corrected chi connectivity index (χ3v) is 5.19. The van der Waals surface area contributed by atoms with Crippen molar-refractivity contribution in [3.8, 4) is 11.5 Å². The molecule has 1 amide bonds. The molecule has 1 aliphatic heterocycles. The summed E-state index contributed by atoms with van der Waals surface area (Å²) in [7, 11) is 1.56. The quantitative estimate of drug-likeness (QED) is 0.739. The van der Waals surface area contributed by atoms with Crippen molar-refractivity contribution in [3.63, 3.8) is 0 Å². The Kier molecular flexibility index (Phi) is 6.74. The number of hydrogen-bond donors (Lipinski definition) is 2. The van der Waals surface area contributed by atoms with Crippen LogP contribution in [0.1, 0.15) is 50.4 Å². The molecule has 2 N–H and O–H groups in total. The van der Waals surface area contributed by atoms with E-state index >= 15 is 0 Å². The van der Waals surface area contributed by atoms with Crippen molar-refractivity contribution in [1.82, 2.24) is 25.0 Å². The summed E-state index contributed by atoms with van der Waals surface area (Å²) < 4.78 is 7.38. The van der Waals surface area contributed by atoms with E-state index < -0.39 is 0 Å². The Morgan fingerprint density at radius 3 is 2.76 bits per heavy atom. The number of rotatable bonds is 7. The molecule has 0 unspecified atom stereocenters. The van der Waals surface area contributed by atoms with Gasteiger partial charge < -0.3 is 19.7 Å². The second kappa shape index (κ2) is 9.26. The minimum absolute atomic E-state index is 0.0514. The van der Waals surface area contributed by atoms with E-state index in [-0.39, 0.29) is 17.7 Å². The van der Waals surface area contributed by atoms with Crippen LogP contribution in [0.2, 0.25) is 0 Å². The number of ether oxygens (including phenoxy) is 1. The Balaban J connectivity index is 1.72. The van der Waals surface area contributed by atoms with Gasteiger partial charge in [0, 0.05) is 39.5 Å². The molecule has 0 saturated carbocycles. The van der Waals surface area contributed by atoms with Gasteiger partial charge in [0.15, 0.2) is 17.3 Å². The number of aromatic hydroxyl groups is 1. The zero-order chi connectivity index (χ0) is 21.0. The summed E-state index contributed by atoms with van der Waals surface area (Å²) in [5.74, 6) is 2.83. The van der Waals surface area contributed by atoms with E-state index in [2.05, 4.69) is 38.8 Å². The summed E-state index contributed by atoms with van der Waals surface area (Å²) >= 11 is 0. The van der Waals surface area contributed by atoms with Crippen molar-refractivity contribution in [2.75, 3.05) is 20.2 Å².